The SMILES string of the molecule is CCNC(Cc1ccc(F)cc1Br)c1cnn(C)c1C. The lowest BCUT2D eigenvalue weighted by molar-refractivity contribution is 0.544. The maximum atomic E-state index is 13.2. The summed E-state index contributed by atoms with van der Waals surface area (Å²) in [7, 11) is 1.94. The molecule has 0 radical (unpaired) electrons. The van der Waals surface area contributed by atoms with Gasteiger partial charge in [0.25, 0.3) is 0 Å². The van der Waals surface area contributed by atoms with Gasteiger partial charge in [-0.3, -0.25) is 4.68 Å². The lowest BCUT2D eigenvalue weighted by atomic mass is 9.99. The number of halogens is 2. The van der Waals surface area contributed by atoms with Crippen LogP contribution in [0.3, 0.4) is 0 Å². The van der Waals surface area contributed by atoms with E-state index in [0.29, 0.717) is 0 Å². The van der Waals surface area contributed by atoms with E-state index >= 15 is 0 Å². The first kappa shape index (κ1) is 15.2. The first-order valence-corrected chi connectivity index (χ1v) is 7.48. The molecule has 0 aliphatic carbocycles. The van der Waals surface area contributed by atoms with E-state index in [1.165, 1.54) is 17.7 Å². The van der Waals surface area contributed by atoms with Crippen LogP contribution in [0.5, 0.6) is 0 Å². The summed E-state index contributed by atoms with van der Waals surface area (Å²) in [6, 6.07) is 5.01. The van der Waals surface area contributed by atoms with Crippen LogP contribution in [0.4, 0.5) is 4.39 Å². The maximum Gasteiger partial charge on any atom is 0.124 e. The lowest BCUT2D eigenvalue weighted by Crippen LogP contribution is -2.23. The zero-order chi connectivity index (χ0) is 14.7. The highest BCUT2D eigenvalue weighted by Gasteiger charge is 2.17. The number of hydrogen-bond acceptors (Lipinski definition) is 2. The minimum Gasteiger partial charge on any atom is -0.310 e. The molecule has 20 heavy (non-hydrogen) atoms. The van der Waals surface area contributed by atoms with Gasteiger partial charge >= 0.3 is 0 Å². The van der Waals surface area contributed by atoms with Crippen molar-refractivity contribution in [2.75, 3.05) is 6.54 Å². The molecule has 3 nitrogen and oxygen atoms in total. The molecule has 0 fully saturated rings. The van der Waals surface area contributed by atoms with Crippen LogP contribution in [0, 0.1) is 12.7 Å². The summed E-state index contributed by atoms with van der Waals surface area (Å²) < 4.78 is 15.8. The monoisotopic (exact) mass is 339 g/mol. The van der Waals surface area contributed by atoms with Crippen molar-refractivity contribution in [3.8, 4) is 0 Å². The predicted octanol–water partition coefficient (Wildman–Crippen LogP) is 3.52. The molecule has 1 aromatic carbocycles. The Morgan fingerprint density at radius 1 is 1.45 bits per heavy atom. The number of rotatable bonds is 5. The lowest BCUT2D eigenvalue weighted by Gasteiger charge is -2.18. The van der Waals surface area contributed by atoms with Gasteiger partial charge in [-0.1, -0.05) is 28.9 Å². The average Bonchev–Trinajstić information content (AvgIpc) is 2.73. The van der Waals surface area contributed by atoms with Gasteiger partial charge in [0.2, 0.25) is 0 Å². The van der Waals surface area contributed by atoms with Gasteiger partial charge in [-0.25, -0.2) is 4.39 Å². The van der Waals surface area contributed by atoms with E-state index in [2.05, 4.69) is 40.2 Å². The van der Waals surface area contributed by atoms with Crippen LogP contribution in [-0.4, -0.2) is 16.3 Å². The first-order valence-electron chi connectivity index (χ1n) is 6.68. The van der Waals surface area contributed by atoms with E-state index in [1.54, 1.807) is 0 Å². The zero-order valence-electron chi connectivity index (χ0n) is 12.0. The van der Waals surface area contributed by atoms with Crippen molar-refractivity contribution < 1.29 is 4.39 Å². The maximum absolute atomic E-state index is 13.2. The summed E-state index contributed by atoms with van der Waals surface area (Å²) in [5, 5.41) is 7.78. The molecule has 108 valence electrons. The van der Waals surface area contributed by atoms with Gasteiger partial charge in [-0.2, -0.15) is 5.10 Å². The third-order valence-corrected chi connectivity index (χ3v) is 4.28. The molecule has 2 aromatic rings. The molecule has 2 rings (SSSR count). The highest BCUT2D eigenvalue weighted by molar-refractivity contribution is 9.10. The third-order valence-electron chi connectivity index (χ3n) is 3.54. The normalized spacial score (nSPS) is 12.7. The van der Waals surface area contributed by atoms with Gasteiger partial charge in [0.05, 0.1) is 6.20 Å². The van der Waals surface area contributed by atoms with Crippen LogP contribution in [0.15, 0.2) is 28.9 Å². The van der Waals surface area contributed by atoms with Crippen LogP contribution >= 0.6 is 15.9 Å². The van der Waals surface area contributed by atoms with E-state index in [4.69, 9.17) is 0 Å². The second-order valence-electron chi connectivity index (χ2n) is 4.86. The number of aryl methyl sites for hydroxylation is 1. The van der Waals surface area contributed by atoms with Crippen LogP contribution in [0.2, 0.25) is 0 Å². The van der Waals surface area contributed by atoms with Crippen LogP contribution in [0.25, 0.3) is 0 Å². The van der Waals surface area contributed by atoms with Crippen molar-refractivity contribution >= 4 is 15.9 Å². The van der Waals surface area contributed by atoms with Crippen molar-refractivity contribution in [2.45, 2.75) is 26.3 Å². The molecule has 5 heteroatoms. The van der Waals surface area contributed by atoms with Gasteiger partial charge in [0.15, 0.2) is 0 Å². The van der Waals surface area contributed by atoms with Crippen molar-refractivity contribution in [1.29, 1.82) is 0 Å². The molecule has 1 atom stereocenters. The largest absolute Gasteiger partial charge is 0.310 e. The van der Waals surface area contributed by atoms with Gasteiger partial charge in [0, 0.05) is 28.8 Å². The zero-order valence-corrected chi connectivity index (χ0v) is 13.5. The summed E-state index contributed by atoms with van der Waals surface area (Å²) in [4.78, 5) is 0. The molecule has 0 aliphatic rings. The fraction of sp³-hybridized carbons (Fsp3) is 0.400. The Morgan fingerprint density at radius 3 is 2.75 bits per heavy atom. The second-order valence-corrected chi connectivity index (χ2v) is 5.71. The molecule has 0 saturated carbocycles. The molecule has 1 unspecified atom stereocenters. The molecule has 0 amide bonds. The topological polar surface area (TPSA) is 29.9 Å². The van der Waals surface area contributed by atoms with Gasteiger partial charge in [0.1, 0.15) is 5.82 Å². The highest BCUT2D eigenvalue weighted by Crippen LogP contribution is 2.26. The Hall–Kier alpha value is -1.20. The highest BCUT2D eigenvalue weighted by atomic mass is 79.9. The smallest absolute Gasteiger partial charge is 0.124 e. The molecule has 0 aliphatic heterocycles. The first-order chi connectivity index (χ1) is 9.52. The number of nitrogens with zero attached hydrogens (tertiary/aromatic N) is 2. The molecule has 0 spiro atoms. The van der Waals surface area contributed by atoms with Crippen LogP contribution in [0.1, 0.15) is 29.8 Å². The number of hydrogen-bond donors (Lipinski definition) is 1. The Balaban J connectivity index is 2.28. The van der Waals surface area contributed by atoms with Gasteiger partial charge in [-0.15, -0.1) is 0 Å². The minimum absolute atomic E-state index is 0.176. The van der Waals surface area contributed by atoms with Crippen molar-refractivity contribution in [1.82, 2.24) is 15.1 Å². The van der Waals surface area contributed by atoms with Gasteiger partial charge in [-0.05, 0) is 37.6 Å². The van der Waals surface area contributed by atoms with Crippen LogP contribution in [-0.2, 0) is 13.5 Å². The number of likely N-dealkylation sites (N-methyl/N-ethyl adjacent to an activating group) is 1. The van der Waals surface area contributed by atoms with E-state index in [0.717, 1.165) is 28.7 Å². The summed E-state index contributed by atoms with van der Waals surface area (Å²) in [5.74, 6) is -0.224. The Bertz CT molecular complexity index is 595. The summed E-state index contributed by atoms with van der Waals surface area (Å²) >= 11 is 3.43. The van der Waals surface area contributed by atoms with E-state index in [1.807, 2.05) is 24.0 Å². The average molecular weight is 340 g/mol. The molecule has 1 aromatic heterocycles. The van der Waals surface area contributed by atoms with Crippen molar-refractivity contribution in [2.24, 2.45) is 7.05 Å². The summed E-state index contributed by atoms with van der Waals surface area (Å²) in [5.41, 5.74) is 3.42. The Labute approximate surface area is 127 Å². The number of benzene rings is 1. The van der Waals surface area contributed by atoms with E-state index in [-0.39, 0.29) is 11.9 Å². The Kier molecular flexibility index (Phi) is 4.94. The van der Waals surface area contributed by atoms with Crippen LogP contribution < -0.4 is 5.32 Å². The molecule has 0 bridgehead atoms. The minimum atomic E-state index is -0.224. The van der Waals surface area contributed by atoms with Crippen molar-refractivity contribution in [3.05, 3.63) is 51.5 Å². The summed E-state index contributed by atoms with van der Waals surface area (Å²) in [6.45, 7) is 5.02. The molecular weight excluding hydrogens is 321 g/mol. The predicted molar refractivity (Wildman–Crippen MR) is 82.2 cm³/mol. The third kappa shape index (κ3) is 3.27. The Morgan fingerprint density at radius 2 is 2.20 bits per heavy atom. The number of nitrogens with one attached hydrogen (secondary N) is 1. The fourth-order valence-corrected chi connectivity index (χ4v) is 2.82. The molecule has 0 saturated heterocycles. The van der Waals surface area contributed by atoms with Crippen molar-refractivity contribution in [3.63, 3.8) is 0 Å². The number of aromatic nitrogens is 2. The summed E-state index contributed by atoms with van der Waals surface area (Å²) in [6.07, 6.45) is 2.70. The standard InChI is InChI=1S/C15H19BrFN3/c1-4-18-15(13-9-19-20(3)10(13)2)7-11-5-6-12(17)8-14(11)16/h5-6,8-9,15,18H,4,7H2,1-3H3. The quantitative estimate of drug-likeness (QED) is 0.903. The van der Waals surface area contributed by atoms with E-state index in [9.17, 15) is 4.39 Å². The molecular formula is C15H19BrFN3. The molecule has 1 heterocycles. The van der Waals surface area contributed by atoms with E-state index < -0.39 is 0 Å². The van der Waals surface area contributed by atoms with Gasteiger partial charge < -0.3 is 5.32 Å². The second kappa shape index (κ2) is 6.50. The fourth-order valence-electron chi connectivity index (χ4n) is 2.30. The molecule has 1 N–H and O–H groups in total.